The van der Waals surface area contributed by atoms with Crippen molar-refractivity contribution in [3.05, 3.63) is 33.8 Å². The smallest absolute Gasteiger partial charge is 0.251 e. The van der Waals surface area contributed by atoms with Gasteiger partial charge < -0.3 is 11.1 Å². The van der Waals surface area contributed by atoms with Crippen LogP contribution in [0.15, 0.2) is 22.7 Å². The zero-order chi connectivity index (χ0) is 13.0. The van der Waals surface area contributed by atoms with Crippen molar-refractivity contribution in [2.45, 2.75) is 26.3 Å². The van der Waals surface area contributed by atoms with Gasteiger partial charge >= 0.3 is 0 Å². The molecule has 0 radical (unpaired) electrons. The largest absolute Gasteiger partial charge is 0.370 e. The molecule has 0 fully saturated rings. The summed E-state index contributed by atoms with van der Waals surface area (Å²) in [6, 6.07) is 5.09. The quantitative estimate of drug-likeness (QED) is 0.889. The predicted molar refractivity (Wildman–Crippen MR) is 69.6 cm³/mol. The lowest BCUT2D eigenvalue weighted by molar-refractivity contribution is -0.118. The third-order valence-corrected chi connectivity index (χ3v) is 3.17. The van der Waals surface area contributed by atoms with Crippen molar-refractivity contribution >= 4 is 27.7 Å². The van der Waals surface area contributed by atoms with E-state index in [1.807, 2.05) is 13.0 Å². The fourth-order valence-electron chi connectivity index (χ4n) is 1.39. The Kier molecular flexibility index (Phi) is 4.69. The van der Waals surface area contributed by atoms with Crippen LogP contribution in [0.5, 0.6) is 0 Å². The summed E-state index contributed by atoms with van der Waals surface area (Å²) in [5.74, 6) is -0.637. The number of hydrogen-bond acceptors (Lipinski definition) is 2. The molecular weight excluding hydrogens is 284 g/mol. The second kappa shape index (κ2) is 5.82. The minimum atomic E-state index is -0.428. The summed E-state index contributed by atoms with van der Waals surface area (Å²) in [4.78, 5) is 22.5. The van der Waals surface area contributed by atoms with Crippen molar-refractivity contribution in [3.8, 4) is 0 Å². The monoisotopic (exact) mass is 298 g/mol. The number of hydrogen-bond donors (Lipinski definition) is 2. The second-order valence-electron chi connectivity index (χ2n) is 4.01. The van der Waals surface area contributed by atoms with Crippen molar-refractivity contribution in [2.75, 3.05) is 0 Å². The molecule has 0 aromatic heterocycles. The van der Waals surface area contributed by atoms with E-state index in [1.165, 1.54) is 0 Å². The summed E-state index contributed by atoms with van der Waals surface area (Å²) in [6.07, 6.45) is 0.138. The summed E-state index contributed by atoms with van der Waals surface area (Å²) < 4.78 is 0.882. The summed E-state index contributed by atoms with van der Waals surface area (Å²) in [7, 11) is 0. The summed E-state index contributed by atoms with van der Waals surface area (Å²) in [5, 5.41) is 2.71. The van der Waals surface area contributed by atoms with Crippen molar-refractivity contribution in [1.82, 2.24) is 5.32 Å². The Morgan fingerprint density at radius 1 is 1.47 bits per heavy atom. The summed E-state index contributed by atoms with van der Waals surface area (Å²) in [5.41, 5.74) is 6.67. The first-order chi connectivity index (χ1) is 7.90. The van der Waals surface area contributed by atoms with Crippen LogP contribution in [0.4, 0.5) is 0 Å². The highest BCUT2D eigenvalue weighted by molar-refractivity contribution is 9.10. The zero-order valence-corrected chi connectivity index (χ0v) is 11.4. The molecule has 0 aliphatic carbocycles. The van der Waals surface area contributed by atoms with E-state index in [2.05, 4.69) is 21.2 Å². The Balaban J connectivity index is 2.70. The molecule has 0 spiro atoms. The lowest BCUT2D eigenvalue weighted by atomic mass is 10.1. The van der Waals surface area contributed by atoms with Gasteiger partial charge in [-0.3, -0.25) is 9.59 Å². The topological polar surface area (TPSA) is 72.2 Å². The first kappa shape index (κ1) is 13.7. The number of benzene rings is 1. The van der Waals surface area contributed by atoms with E-state index < -0.39 is 5.91 Å². The first-order valence-electron chi connectivity index (χ1n) is 5.25. The van der Waals surface area contributed by atoms with Crippen LogP contribution in [0.25, 0.3) is 0 Å². The van der Waals surface area contributed by atoms with Crippen LogP contribution in [-0.4, -0.2) is 17.9 Å². The lowest BCUT2D eigenvalue weighted by Gasteiger charge is -2.12. The molecule has 3 N–H and O–H groups in total. The Labute approximate surface area is 109 Å². The van der Waals surface area contributed by atoms with E-state index in [-0.39, 0.29) is 18.4 Å². The molecule has 4 nitrogen and oxygen atoms in total. The van der Waals surface area contributed by atoms with E-state index in [4.69, 9.17) is 5.73 Å². The highest BCUT2D eigenvalue weighted by Crippen LogP contribution is 2.17. The van der Waals surface area contributed by atoms with Crippen molar-refractivity contribution in [1.29, 1.82) is 0 Å². The number of carbonyl (C=O) groups excluding carboxylic acids is 2. The molecule has 1 aromatic rings. The number of primary amides is 1. The first-order valence-corrected chi connectivity index (χ1v) is 6.04. The third kappa shape index (κ3) is 4.19. The molecule has 92 valence electrons. The summed E-state index contributed by atoms with van der Waals surface area (Å²) >= 11 is 3.37. The van der Waals surface area contributed by atoms with E-state index in [9.17, 15) is 9.59 Å². The number of nitrogens with one attached hydrogen (secondary N) is 1. The Morgan fingerprint density at radius 2 is 2.12 bits per heavy atom. The van der Waals surface area contributed by atoms with E-state index >= 15 is 0 Å². The maximum atomic E-state index is 11.8. The number of amides is 2. The van der Waals surface area contributed by atoms with Gasteiger partial charge in [0, 0.05) is 22.5 Å². The van der Waals surface area contributed by atoms with Gasteiger partial charge in [-0.25, -0.2) is 0 Å². The molecule has 0 aliphatic heterocycles. The van der Waals surface area contributed by atoms with Crippen LogP contribution in [0.3, 0.4) is 0 Å². The standard InChI is InChI=1S/C12H15BrN2O2/c1-7-3-4-9(6-10(7)13)12(17)15-8(2)5-11(14)16/h3-4,6,8H,5H2,1-2H3,(H2,14,16)(H,15,17). The van der Waals surface area contributed by atoms with Gasteiger partial charge in [-0.2, -0.15) is 0 Å². The minimum absolute atomic E-state index is 0.138. The van der Waals surface area contributed by atoms with Crippen LogP contribution in [0.1, 0.15) is 29.3 Å². The van der Waals surface area contributed by atoms with Gasteiger partial charge in [-0.05, 0) is 31.5 Å². The Morgan fingerprint density at radius 3 is 2.65 bits per heavy atom. The molecule has 1 aromatic carbocycles. The molecule has 2 amide bonds. The van der Waals surface area contributed by atoms with Gasteiger partial charge in [0.2, 0.25) is 5.91 Å². The van der Waals surface area contributed by atoms with Crippen LogP contribution in [0.2, 0.25) is 0 Å². The normalized spacial score (nSPS) is 11.9. The van der Waals surface area contributed by atoms with Crippen LogP contribution in [0, 0.1) is 6.92 Å². The fraction of sp³-hybridized carbons (Fsp3) is 0.333. The van der Waals surface area contributed by atoms with Crippen LogP contribution < -0.4 is 11.1 Å². The van der Waals surface area contributed by atoms with E-state index in [0.29, 0.717) is 5.56 Å². The number of halogens is 1. The van der Waals surface area contributed by atoms with Crippen molar-refractivity contribution in [2.24, 2.45) is 5.73 Å². The molecule has 1 atom stereocenters. The van der Waals surface area contributed by atoms with Gasteiger partial charge in [0.15, 0.2) is 0 Å². The molecule has 0 bridgehead atoms. The molecule has 5 heteroatoms. The average molecular weight is 299 g/mol. The van der Waals surface area contributed by atoms with Gasteiger partial charge in [-0.15, -0.1) is 0 Å². The SMILES string of the molecule is Cc1ccc(C(=O)NC(C)CC(N)=O)cc1Br. The molecule has 1 unspecified atom stereocenters. The number of aryl methyl sites for hydroxylation is 1. The molecule has 17 heavy (non-hydrogen) atoms. The molecule has 0 saturated carbocycles. The number of carbonyl (C=O) groups is 2. The van der Waals surface area contributed by atoms with E-state index in [1.54, 1.807) is 19.1 Å². The predicted octanol–water partition coefficient (Wildman–Crippen LogP) is 1.75. The molecule has 1 rings (SSSR count). The fourth-order valence-corrected chi connectivity index (χ4v) is 1.77. The van der Waals surface area contributed by atoms with Crippen LogP contribution in [-0.2, 0) is 4.79 Å². The molecule has 0 heterocycles. The molecule has 0 aliphatic rings. The van der Waals surface area contributed by atoms with Gasteiger partial charge in [-0.1, -0.05) is 22.0 Å². The third-order valence-electron chi connectivity index (χ3n) is 2.32. The maximum absolute atomic E-state index is 11.8. The number of rotatable bonds is 4. The number of nitrogens with two attached hydrogens (primary N) is 1. The van der Waals surface area contributed by atoms with E-state index in [0.717, 1.165) is 10.0 Å². The Hall–Kier alpha value is -1.36. The highest BCUT2D eigenvalue weighted by Gasteiger charge is 2.12. The minimum Gasteiger partial charge on any atom is -0.370 e. The van der Waals surface area contributed by atoms with Crippen molar-refractivity contribution in [3.63, 3.8) is 0 Å². The van der Waals surface area contributed by atoms with Gasteiger partial charge in [0.1, 0.15) is 0 Å². The molecular formula is C12H15BrN2O2. The Bertz CT molecular complexity index is 446. The lowest BCUT2D eigenvalue weighted by Crippen LogP contribution is -2.35. The summed E-state index contributed by atoms with van der Waals surface area (Å²) in [6.45, 7) is 3.69. The zero-order valence-electron chi connectivity index (χ0n) is 9.79. The average Bonchev–Trinajstić information content (AvgIpc) is 2.20. The van der Waals surface area contributed by atoms with Crippen molar-refractivity contribution < 1.29 is 9.59 Å². The van der Waals surface area contributed by atoms with Gasteiger partial charge in [0.25, 0.3) is 5.91 Å². The molecule has 0 saturated heterocycles. The van der Waals surface area contributed by atoms with Gasteiger partial charge in [0.05, 0.1) is 0 Å². The van der Waals surface area contributed by atoms with Crippen LogP contribution >= 0.6 is 15.9 Å². The second-order valence-corrected chi connectivity index (χ2v) is 4.86. The maximum Gasteiger partial charge on any atom is 0.251 e. The highest BCUT2D eigenvalue weighted by atomic mass is 79.9.